The Morgan fingerprint density at radius 1 is 0.875 bits per heavy atom. The molecule has 4 heteroatoms. The third-order valence-corrected chi connectivity index (χ3v) is 4.42. The summed E-state index contributed by atoms with van der Waals surface area (Å²) in [6.45, 7) is 0. The maximum absolute atomic E-state index is 5.58. The fraction of sp³-hybridized carbons (Fsp3) is 0.150. The SMILES string of the molecule is COc1ccc(-c2nc3c4ccccc4c(OC)cc3n2C)cc1. The van der Waals surface area contributed by atoms with Gasteiger partial charge in [-0.3, -0.25) is 0 Å². The van der Waals surface area contributed by atoms with Crippen LogP contribution in [-0.4, -0.2) is 23.8 Å². The molecule has 120 valence electrons. The quantitative estimate of drug-likeness (QED) is 0.561. The Morgan fingerprint density at radius 3 is 2.25 bits per heavy atom. The van der Waals surface area contributed by atoms with Crippen molar-refractivity contribution in [2.75, 3.05) is 14.2 Å². The van der Waals surface area contributed by atoms with Gasteiger partial charge in [0, 0.05) is 29.4 Å². The van der Waals surface area contributed by atoms with Gasteiger partial charge in [-0.15, -0.1) is 0 Å². The van der Waals surface area contributed by atoms with Gasteiger partial charge in [-0.05, 0) is 24.3 Å². The highest BCUT2D eigenvalue weighted by molar-refractivity contribution is 6.08. The second-order valence-electron chi connectivity index (χ2n) is 5.72. The summed E-state index contributed by atoms with van der Waals surface area (Å²) in [6, 6.07) is 18.2. The van der Waals surface area contributed by atoms with Crippen molar-refractivity contribution < 1.29 is 9.47 Å². The second-order valence-corrected chi connectivity index (χ2v) is 5.72. The zero-order valence-electron chi connectivity index (χ0n) is 13.9. The number of hydrogen-bond acceptors (Lipinski definition) is 3. The van der Waals surface area contributed by atoms with Crippen LogP contribution in [-0.2, 0) is 7.05 Å². The molecule has 0 saturated carbocycles. The monoisotopic (exact) mass is 318 g/mol. The summed E-state index contributed by atoms with van der Waals surface area (Å²) in [4.78, 5) is 4.91. The van der Waals surface area contributed by atoms with Gasteiger partial charge < -0.3 is 14.0 Å². The van der Waals surface area contributed by atoms with Crippen molar-refractivity contribution in [2.24, 2.45) is 7.05 Å². The second kappa shape index (κ2) is 5.57. The van der Waals surface area contributed by atoms with E-state index in [-0.39, 0.29) is 0 Å². The third kappa shape index (κ3) is 2.11. The predicted molar refractivity (Wildman–Crippen MR) is 96.8 cm³/mol. The van der Waals surface area contributed by atoms with Gasteiger partial charge in [0.15, 0.2) is 0 Å². The molecular formula is C20H18N2O2. The van der Waals surface area contributed by atoms with Gasteiger partial charge in [-0.25, -0.2) is 4.98 Å². The first kappa shape index (κ1) is 14.6. The normalized spacial score (nSPS) is 11.1. The third-order valence-electron chi connectivity index (χ3n) is 4.42. The fourth-order valence-electron chi connectivity index (χ4n) is 3.15. The van der Waals surface area contributed by atoms with Gasteiger partial charge in [-0.2, -0.15) is 0 Å². The standard InChI is InChI=1S/C20H18N2O2/c1-22-17-12-18(24-3)15-6-4-5-7-16(15)19(17)21-20(22)13-8-10-14(23-2)11-9-13/h4-12H,1-3H3. The fourth-order valence-corrected chi connectivity index (χ4v) is 3.15. The number of methoxy groups -OCH3 is 2. The molecule has 0 saturated heterocycles. The Morgan fingerprint density at radius 2 is 1.58 bits per heavy atom. The van der Waals surface area contributed by atoms with Gasteiger partial charge in [0.05, 0.1) is 25.3 Å². The molecule has 24 heavy (non-hydrogen) atoms. The van der Waals surface area contributed by atoms with E-state index < -0.39 is 0 Å². The van der Waals surface area contributed by atoms with Crippen LogP contribution in [0.25, 0.3) is 33.2 Å². The van der Waals surface area contributed by atoms with Gasteiger partial charge in [0.1, 0.15) is 17.3 Å². The molecule has 1 heterocycles. The first-order chi connectivity index (χ1) is 11.7. The largest absolute Gasteiger partial charge is 0.497 e. The first-order valence-electron chi connectivity index (χ1n) is 7.79. The van der Waals surface area contributed by atoms with Gasteiger partial charge >= 0.3 is 0 Å². The van der Waals surface area contributed by atoms with Crippen molar-refractivity contribution in [2.45, 2.75) is 0 Å². The molecule has 3 aromatic carbocycles. The van der Waals surface area contributed by atoms with Crippen LogP contribution in [0, 0.1) is 0 Å². The lowest BCUT2D eigenvalue weighted by atomic mass is 10.1. The zero-order valence-corrected chi connectivity index (χ0v) is 13.9. The molecule has 0 aliphatic rings. The van der Waals surface area contributed by atoms with Crippen LogP contribution >= 0.6 is 0 Å². The summed E-state index contributed by atoms with van der Waals surface area (Å²) in [5.41, 5.74) is 3.09. The highest BCUT2D eigenvalue weighted by atomic mass is 16.5. The van der Waals surface area contributed by atoms with Crippen LogP contribution in [0.1, 0.15) is 0 Å². The topological polar surface area (TPSA) is 36.3 Å². The molecule has 4 nitrogen and oxygen atoms in total. The number of aryl methyl sites for hydroxylation is 1. The zero-order chi connectivity index (χ0) is 16.7. The Balaban J connectivity index is 2.01. The molecule has 4 aromatic rings. The van der Waals surface area contributed by atoms with Crippen molar-refractivity contribution in [1.82, 2.24) is 9.55 Å². The number of ether oxygens (including phenoxy) is 2. The lowest BCUT2D eigenvalue weighted by molar-refractivity contribution is 0.415. The lowest BCUT2D eigenvalue weighted by Gasteiger charge is -2.07. The lowest BCUT2D eigenvalue weighted by Crippen LogP contribution is -1.93. The average Bonchev–Trinajstić information content (AvgIpc) is 2.98. The van der Waals surface area contributed by atoms with E-state index >= 15 is 0 Å². The van der Waals surface area contributed by atoms with Crippen molar-refractivity contribution in [3.05, 3.63) is 54.6 Å². The Hall–Kier alpha value is -3.01. The summed E-state index contributed by atoms with van der Waals surface area (Å²) < 4.78 is 12.9. The molecule has 0 N–H and O–H groups in total. The van der Waals surface area contributed by atoms with Crippen molar-refractivity contribution >= 4 is 21.8 Å². The van der Waals surface area contributed by atoms with E-state index in [0.29, 0.717) is 0 Å². The molecule has 1 aromatic heterocycles. The van der Waals surface area contributed by atoms with Crippen LogP contribution in [0.4, 0.5) is 0 Å². The summed E-state index contributed by atoms with van der Waals surface area (Å²) in [5, 5.41) is 2.18. The van der Waals surface area contributed by atoms with Gasteiger partial charge in [0.25, 0.3) is 0 Å². The number of fused-ring (bicyclic) bond motifs is 3. The van der Waals surface area contributed by atoms with Crippen LogP contribution in [0.2, 0.25) is 0 Å². The molecule has 0 unspecified atom stereocenters. The molecular weight excluding hydrogens is 300 g/mol. The Kier molecular flexibility index (Phi) is 3.38. The minimum Gasteiger partial charge on any atom is -0.497 e. The van der Waals surface area contributed by atoms with Gasteiger partial charge in [0.2, 0.25) is 0 Å². The molecule has 0 fully saturated rings. The molecule has 0 radical (unpaired) electrons. The number of nitrogens with zero attached hydrogens (tertiary/aromatic N) is 2. The van der Waals surface area contributed by atoms with Crippen molar-refractivity contribution in [3.8, 4) is 22.9 Å². The van der Waals surface area contributed by atoms with E-state index in [4.69, 9.17) is 14.5 Å². The minimum absolute atomic E-state index is 0.838. The van der Waals surface area contributed by atoms with Crippen LogP contribution in [0.3, 0.4) is 0 Å². The molecule has 0 aliphatic heterocycles. The molecule has 0 aliphatic carbocycles. The average molecular weight is 318 g/mol. The minimum atomic E-state index is 0.838. The van der Waals surface area contributed by atoms with E-state index in [0.717, 1.165) is 44.7 Å². The van der Waals surface area contributed by atoms with E-state index in [1.807, 2.05) is 43.4 Å². The smallest absolute Gasteiger partial charge is 0.140 e. The maximum Gasteiger partial charge on any atom is 0.140 e. The molecule has 0 atom stereocenters. The summed E-state index contributed by atoms with van der Waals surface area (Å²) >= 11 is 0. The number of aromatic nitrogens is 2. The highest BCUT2D eigenvalue weighted by Crippen LogP contribution is 2.35. The van der Waals surface area contributed by atoms with Crippen LogP contribution in [0.5, 0.6) is 11.5 Å². The highest BCUT2D eigenvalue weighted by Gasteiger charge is 2.15. The van der Waals surface area contributed by atoms with Crippen LogP contribution in [0.15, 0.2) is 54.6 Å². The number of benzene rings is 3. The van der Waals surface area contributed by atoms with E-state index in [1.165, 1.54) is 0 Å². The summed E-state index contributed by atoms with van der Waals surface area (Å²) in [6.07, 6.45) is 0. The summed E-state index contributed by atoms with van der Waals surface area (Å²) in [7, 11) is 5.40. The first-order valence-corrected chi connectivity index (χ1v) is 7.79. The maximum atomic E-state index is 5.58. The molecule has 0 bridgehead atoms. The van der Waals surface area contributed by atoms with Crippen molar-refractivity contribution in [1.29, 1.82) is 0 Å². The molecule has 0 spiro atoms. The predicted octanol–water partition coefficient (Wildman–Crippen LogP) is 4.41. The molecule has 4 rings (SSSR count). The van der Waals surface area contributed by atoms with Crippen molar-refractivity contribution in [3.63, 3.8) is 0 Å². The Bertz CT molecular complexity index is 1030. The van der Waals surface area contributed by atoms with Crippen LogP contribution < -0.4 is 9.47 Å². The van der Waals surface area contributed by atoms with Gasteiger partial charge in [-0.1, -0.05) is 24.3 Å². The number of imidazole rings is 1. The molecule has 0 amide bonds. The Labute approximate surface area is 140 Å². The van der Waals surface area contributed by atoms with E-state index in [1.54, 1.807) is 14.2 Å². The summed E-state index contributed by atoms with van der Waals surface area (Å²) in [5.74, 6) is 2.62. The number of rotatable bonds is 3. The van der Waals surface area contributed by atoms with E-state index in [9.17, 15) is 0 Å². The van der Waals surface area contributed by atoms with E-state index in [2.05, 4.69) is 22.8 Å². The number of hydrogen-bond donors (Lipinski definition) is 0.